The number of methoxy groups -OCH3 is 1. The summed E-state index contributed by atoms with van der Waals surface area (Å²) in [5.41, 5.74) is 3.49. The minimum atomic E-state index is -0.487. The second kappa shape index (κ2) is 10.6. The zero-order valence-corrected chi connectivity index (χ0v) is 20.0. The fourth-order valence-electron chi connectivity index (χ4n) is 3.51. The van der Waals surface area contributed by atoms with Gasteiger partial charge in [0.2, 0.25) is 0 Å². The normalized spacial score (nSPS) is 13.6. The zero-order chi connectivity index (χ0) is 24.0. The molecule has 0 amide bonds. The van der Waals surface area contributed by atoms with Crippen LogP contribution in [-0.4, -0.2) is 30.5 Å². The number of nitrogens with zero attached hydrogens (tertiary/aromatic N) is 2. The molecule has 0 saturated carbocycles. The summed E-state index contributed by atoms with van der Waals surface area (Å²) in [5.74, 6) is 0.100. The molecule has 33 heavy (non-hydrogen) atoms. The second-order valence-corrected chi connectivity index (χ2v) is 9.06. The highest BCUT2D eigenvalue weighted by molar-refractivity contribution is 5.99. The minimum absolute atomic E-state index is 0.204. The van der Waals surface area contributed by atoms with Gasteiger partial charge in [-0.2, -0.15) is 0 Å². The Morgan fingerprint density at radius 1 is 1.12 bits per heavy atom. The number of carbonyl (C=O) groups excluding carboxylic acids is 2. The third-order valence-electron chi connectivity index (χ3n) is 5.03. The molecule has 0 fully saturated rings. The summed E-state index contributed by atoms with van der Waals surface area (Å²) in [5, 5.41) is 1.75. The fraction of sp³-hybridized carbons (Fsp3) is 0.423. The van der Waals surface area contributed by atoms with Crippen LogP contribution in [0.5, 0.6) is 0 Å². The number of fused-ring (bicyclic) bond motifs is 1. The lowest BCUT2D eigenvalue weighted by Crippen LogP contribution is -2.30. The van der Waals surface area contributed by atoms with Crippen LogP contribution in [0.2, 0.25) is 0 Å². The first-order chi connectivity index (χ1) is 15.7. The van der Waals surface area contributed by atoms with E-state index in [1.165, 1.54) is 7.11 Å². The number of rotatable bonds is 7. The topological polar surface area (TPSA) is 77.4 Å². The molecule has 0 bridgehead atoms. The molecule has 0 aliphatic carbocycles. The van der Waals surface area contributed by atoms with Crippen LogP contribution in [0.25, 0.3) is 0 Å². The summed E-state index contributed by atoms with van der Waals surface area (Å²) < 4.78 is 10.3. The number of anilines is 1. The van der Waals surface area contributed by atoms with Crippen LogP contribution in [0.15, 0.2) is 47.5 Å². The van der Waals surface area contributed by atoms with E-state index in [0.717, 1.165) is 23.2 Å². The van der Waals surface area contributed by atoms with Crippen LogP contribution in [-0.2, 0) is 25.7 Å². The molecule has 2 aromatic rings. The summed E-state index contributed by atoms with van der Waals surface area (Å²) >= 11 is 0. The van der Waals surface area contributed by atoms with Gasteiger partial charge in [-0.3, -0.25) is 9.63 Å². The van der Waals surface area contributed by atoms with Gasteiger partial charge in [-0.15, -0.1) is 0 Å². The van der Waals surface area contributed by atoms with E-state index < -0.39 is 11.6 Å². The molecule has 0 radical (unpaired) electrons. The molecule has 2 aromatic carbocycles. The number of carbonyl (C=O) groups is 2. The molecule has 0 saturated heterocycles. The van der Waals surface area contributed by atoms with Gasteiger partial charge in [-0.25, -0.2) is 14.9 Å². The first kappa shape index (κ1) is 24.5. The van der Waals surface area contributed by atoms with E-state index in [1.807, 2.05) is 58.0 Å². The van der Waals surface area contributed by atoms with Crippen LogP contribution in [0.3, 0.4) is 0 Å². The third-order valence-corrected chi connectivity index (χ3v) is 5.03. The van der Waals surface area contributed by atoms with Crippen molar-refractivity contribution < 1.29 is 23.9 Å². The van der Waals surface area contributed by atoms with Gasteiger partial charge in [0.1, 0.15) is 18.0 Å². The van der Waals surface area contributed by atoms with E-state index in [1.54, 1.807) is 17.2 Å². The number of unbranched alkanes of at least 4 members (excludes halogenated alkanes) is 1. The highest BCUT2D eigenvalue weighted by atomic mass is 16.7. The van der Waals surface area contributed by atoms with E-state index in [0.29, 0.717) is 43.0 Å². The van der Waals surface area contributed by atoms with Crippen molar-refractivity contribution in [2.45, 2.75) is 65.6 Å². The number of aliphatic imine (C=N–C) groups is 1. The van der Waals surface area contributed by atoms with E-state index in [9.17, 15) is 9.59 Å². The third kappa shape index (κ3) is 6.89. The standard InChI is InChI=1S/C26H32N2O5/c1-18-9-8-10-21(15-18)28-23(11-6-7-12-24(29)33-26(2,3)4)27-22-16-19(25(30)31-5)13-14-20(22)17-32-28/h8-10,13-16H,6-7,11-12,17H2,1-5H3. The van der Waals surface area contributed by atoms with Crippen molar-refractivity contribution in [3.63, 3.8) is 0 Å². The van der Waals surface area contributed by atoms with E-state index in [2.05, 4.69) is 0 Å². The quantitative estimate of drug-likeness (QED) is 0.398. The molecule has 3 rings (SSSR count). The van der Waals surface area contributed by atoms with Crippen molar-refractivity contribution in [1.29, 1.82) is 0 Å². The van der Waals surface area contributed by atoms with Crippen molar-refractivity contribution in [2.24, 2.45) is 4.99 Å². The highest BCUT2D eigenvalue weighted by Gasteiger charge is 2.22. The Balaban J connectivity index is 1.82. The van der Waals surface area contributed by atoms with Gasteiger partial charge in [0, 0.05) is 18.4 Å². The number of esters is 2. The molecule has 1 aliphatic heterocycles. The highest BCUT2D eigenvalue weighted by Crippen LogP contribution is 2.30. The van der Waals surface area contributed by atoms with Gasteiger partial charge < -0.3 is 9.47 Å². The monoisotopic (exact) mass is 452 g/mol. The number of aryl methyl sites for hydroxylation is 1. The number of hydroxylamine groups is 1. The van der Waals surface area contributed by atoms with Gasteiger partial charge in [0.15, 0.2) is 0 Å². The molecule has 7 nitrogen and oxygen atoms in total. The van der Waals surface area contributed by atoms with E-state index >= 15 is 0 Å². The molecule has 0 aromatic heterocycles. The molecule has 176 valence electrons. The van der Waals surface area contributed by atoms with Crippen LogP contribution in [0.1, 0.15) is 67.9 Å². The summed E-state index contributed by atoms with van der Waals surface area (Å²) in [6.45, 7) is 7.93. The second-order valence-electron chi connectivity index (χ2n) is 9.06. The van der Waals surface area contributed by atoms with Gasteiger partial charge in [-0.1, -0.05) is 18.2 Å². The first-order valence-corrected chi connectivity index (χ1v) is 11.2. The van der Waals surface area contributed by atoms with Crippen LogP contribution < -0.4 is 5.06 Å². The molecule has 7 heteroatoms. The molecule has 1 heterocycles. The lowest BCUT2D eigenvalue weighted by Gasteiger charge is -2.24. The number of ether oxygens (including phenoxy) is 2. The van der Waals surface area contributed by atoms with Gasteiger partial charge in [0.05, 0.1) is 24.0 Å². The van der Waals surface area contributed by atoms with Crippen LogP contribution in [0.4, 0.5) is 11.4 Å². The first-order valence-electron chi connectivity index (χ1n) is 11.2. The lowest BCUT2D eigenvalue weighted by molar-refractivity contribution is -0.154. The SMILES string of the molecule is COC(=O)c1ccc2c(c1)N=C(CCCCC(=O)OC(C)(C)C)N(c1cccc(C)c1)OC2. The van der Waals surface area contributed by atoms with Crippen molar-refractivity contribution in [3.8, 4) is 0 Å². The van der Waals surface area contributed by atoms with E-state index in [-0.39, 0.29) is 5.97 Å². The number of benzene rings is 2. The van der Waals surface area contributed by atoms with Crippen molar-refractivity contribution in [1.82, 2.24) is 0 Å². The Hall–Kier alpha value is -3.19. The Kier molecular flexibility index (Phi) is 7.87. The Morgan fingerprint density at radius 3 is 2.61 bits per heavy atom. The largest absolute Gasteiger partial charge is 0.465 e. The number of amidine groups is 1. The summed E-state index contributed by atoms with van der Waals surface area (Å²) in [4.78, 5) is 35.1. The molecule has 0 spiro atoms. The maximum atomic E-state index is 12.1. The zero-order valence-electron chi connectivity index (χ0n) is 20.0. The summed E-state index contributed by atoms with van der Waals surface area (Å²) in [6.07, 6.45) is 2.35. The molecular weight excluding hydrogens is 420 g/mol. The predicted octanol–water partition coefficient (Wildman–Crippen LogP) is 5.67. The van der Waals surface area contributed by atoms with Crippen LogP contribution >= 0.6 is 0 Å². The number of hydrogen-bond acceptors (Lipinski definition) is 7. The van der Waals surface area contributed by atoms with Crippen molar-refractivity contribution in [2.75, 3.05) is 12.2 Å². The molecule has 0 unspecified atom stereocenters. The average molecular weight is 453 g/mol. The minimum Gasteiger partial charge on any atom is -0.465 e. The maximum absolute atomic E-state index is 12.1. The Labute approximate surface area is 195 Å². The van der Waals surface area contributed by atoms with Gasteiger partial charge in [-0.05, 0) is 70.4 Å². The average Bonchev–Trinajstić information content (AvgIpc) is 2.93. The van der Waals surface area contributed by atoms with Crippen LogP contribution in [0, 0.1) is 6.92 Å². The predicted molar refractivity (Wildman–Crippen MR) is 128 cm³/mol. The molecular formula is C26H32N2O5. The summed E-state index contributed by atoms with van der Waals surface area (Å²) in [7, 11) is 1.36. The van der Waals surface area contributed by atoms with Gasteiger partial charge in [0.25, 0.3) is 0 Å². The molecule has 0 atom stereocenters. The number of hydrogen-bond donors (Lipinski definition) is 0. The van der Waals surface area contributed by atoms with E-state index in [4.69, 9.17) is 19.3 Å². The van der Waals surface area contributed by atoms with Crippen molar-refractivity contribution in [3.05, 3.63) is 59.2 Å². The smallest absolute Gasteiger partial charge is 0.337 e. The van der Waals surface area contributed by atoms with Gasteiger partial charge >= 0.3 is 11.9 Å². The fourth-order valence-corrected chi connectivity index (χ4v) is 3.51. The maximum Gasteiger partial charge on any atom is 0.337 e. The van der Waals surface area contributed by atoms with Crippen molar-refractivity contribution >= 4 is 29.1 Å². The Bertz CT molecular complexity index is 1040. The summed E-state index contributed by atoms with van der Waals surface area (Å²) in [6, 6.07) is 13.3. The molecule has 0 N–H and O–H groups in total. The molecule has 1 aliphatic rings. The Morgan fingerprint density at radius 2 is 1.91 bits per heavy atom. The lowest BCUT2D eigenvalue weighted by atomic mass is 10.1.